The summed E-state index contributed by atoms with van der Waals surface area (Å²) in [4.78, 5) is 34.5. The molecule has 0 aliphatic carbocycles. The number of hydrogen-bond acceptors (Lipinski definition) is 4. The molecule has 0 saturated heterocycles. The average Bonchev–Trinajstić information content (AvgIpc) is 3.55. The lowest BCUT2D eigenvalue weighted by Gasteiger charge is -2.28. The number of methoxy groups -OCH3 is 1. The SMILES string of the molecule is COCCN(CC(=O)N(CCc1c[nH]c2ccccc12)Cc1ccc(C)cc1)C(=O)Cc1cccs1. The Bertz CT molecular complexity index is 1260. The second-order valence-electron chi connectivity index (χ2n) is 8.97. The van der Waals surface area contributed by atoms with Crippen molar-refractivity contribution in [2.24, 2.45) is 0 Å². The number of benzene rings is 2. The first-order chi connectivity index (χ1) is 17.5. The van der Waals surface area contributed by atoms with Gasteiger partial charge in [-0.15, -0.1) is 11.3 Å². The van der Waals surface area contributed by atoms with Crippen molar-refractivity contribution in [1.29, 1.82) is 0 Å². The number of aromatic nitrogens is 1. The molecule has 2 aromatic carbocycles. The first kappa shape index (κ1) is 25.7. The van der Waals surface area contributed by atoms with Gasteiger partial charge in [0.1, 0.15) is 0 Å². The van der Waals surface area contributed by atoms with E-state index in [4.69, 9.17) is 4.74 Å². The lowest BCUT2D eigenvalue weighted by Crippen LogP contribution is -2.45. The molecule has 0 aliphatic heterocycles. The van der Waals surface area contributed by atoms with Crippen LogP contribution in [0.15, 0.2) is 72.2 Å². The molecule has 2 heterocycles. The van der Waals surface area contributed by atoms with Crippen LogP contribution in [0.4, 0.5) is 0 Å². The van der Waals surface area contributed by atoms with Gasteiger partial charge >= 0.3 is 0 Å². The topological polar surface area (TPSA) is 65.6 Å². The van der Waals surface area contributed by atoms with E-state index in [0.29, 0.717) is 32.7 Å². The number of aryl methyl sites for hydroxylation is 1. The van der Waals surface area contributed by atoms with Crippen LogP contribution < -0.4 is 0 Å². The van der Waals surface area contributed by atoms with Crippen molar-refractivity contribution < 1.29 is 14.3 Å². The Morgan fingerprint density at radius 2 is 1.75 bits per heavy atom. The molecule has 2 amide bonds. The van der Waals surface area contributed by atoms with E-state index in [1.165, 1.54) is 16.5 Å². The van der Waals surface area contributed by atoms with Crippen molar-refractivity contribution >= 4 is 34.1 Å². The first-order valence-corrected chi connectivity index (χ1v) is 13.1. The Morgan fingerprint density at radius 3 is 2.50 bits per heavy atom. The van der Waals surface area contributed by atoms with Gasteiger partial charge in [0.25, 0.3) is 0 Å². The molecule has 1 N–H and O–H groups in total. The normalized spacial score (nSPS) is 11.1. The van der Waals surface area contributed by atoms with Gasteiger partial charge in [-0.3, -0.25) is 9.59 Å². The first-order valence-electron chi connectivity index (χ1n) is 12.2. The van der Waals surface area contributed by atoms with Gasteiger partial charge in [-0.1, -0.05) is 54.1 Å². The molecule has 0 unspecified atom stereocenters. The summed E-state index contributed by atoms with van der Waals surface area (Å²) in [6, 6.07) is 20.3. The predicted molar refractivity (Wildman–Crippen MR) is 145 cm³/mol. The Balaban J connectivity index is 1.50. The van der Waals surface area contributed by atoms with Crippen LogP contribution >= 0.6 is 11.3 Å². The molecule has 6 nitrogen and oxygen atoms in total. The maximum atomic E-state index is 13.6. The Hall–Kier alpha value is -3.42. The molecule has 4 rings (SSSR count). The summed E-state index contributed by atoms with van der Waals surface area (Å²) in [5, 5.41) is 3.13. The lowest BCUT2D eigenvalue weighted by atomic mass is 10.1. The zero-order chi connectivity index (χ0) is 25.3. The van der Waals surface area contributed by atoms with Crippen LogP contribution in [0.25, 0.3) is 10.9 Å². The average molecular weight is 504 g/mol. The third kappa shape index (κ3) is 6.83. The van der Waals surface area contributed by atoms with Crippen molar-refractivity contribution in [2.45, 2.75) is 26.3 Å². The van der Waals surface area contributed by atoms with Gasteiger partial charge in [-0.2, -0.15) is 0 Å². The number of aromatic amines is 1. The van der Waals surface area contributed by atoms with Crippen LogP contribution in [0.1, 0.15) is 21.6 Å². The van der Waals surface area contributed by atoms with E-state index < -0.39 is 0 Å². The second kappa shape index (κ2) is 12.5. The van der Waals surface area contributed by atoms with E-state index >= 15 is 0 Å². The fourth-order valence-electron chi connectivity index (χ4n) is 4.23. The zero-order valence-corrected chi connectivity index (χ0v) is 21.7. The third-order valence-electron chi connectivity index (χ3n) is 6.32. The lowest BCUT2D eigenvalue weighted by molar-refractivity contribution is -0.141. The molecule has 0 bridgehead atoms. The van der Waals surface area contributed by atoms with Crippen molar-refractivity contribution in [2.75, 3.05) is 33.4 Å². The molecule has 36 heavy (non-hydrogen) atoms. The smallest absolute Gasteiger partial charge is 0.242 e. The Morgan fingerprint density at radius 1 is 0.944 bits per heavy atom. The maximum absolute atomic E-state index is 13.6. The Labute approximate surface area is 216 Å². The van der Waals surface area contributed by atoms with Crippen LogP contribution in [-0.4, -0.2) is 59.9 Å². The van der Waals surface area contributed by atoms with Gasteiger partial charge in [0.05, 0.1) is 19.6 Å². The number of carbonyl (C=O) groups is 2. The highest BCUT2D eigenvalue weighted by Gasteiger charge is 2.22. The molecule has 7 heteroatoms. The number of rotatable bonds is 12. The van der Waals surface area contributed by atoms with Gasteiger partial charge in [-0.05, 0) is 42.0 Å². The zero-order valence-electron chi connectivity index (χ0n) is 20.9. The van der Waals surface area contributed by atoms with Gasteiger partial charge in [0.15, 0.2) is 0 Å². The molecule has 0 aliphatic rings. The number of nitrogens with zero attached hydrogens (tertiary/aromatic N) is 2. The van der Waals surface area contributed by atoms with E-state index in [-0.39, 0.29) is 18.4 Å². The Kier molecular flexibility index (Phi) is 8.92. The largest absolute Gasteiger partial charge is 0.383 e. The summed E-state index contributed by atoms with van der Waals surface area (Å²) in [5.41, 5.74) is 4.52. The van der Waals surface area contributed by atoms with Crippen LogP contribution in [-0.2, 0) is 33.7 Å². The van der Waals surface area contributed by atoms with E-state index in [1.54, 1.807) is 23.3 Å². The van der Waals surface area contributed by atoms with Crippen LogP contribution in [0, 0.1) is 6.92 Å². The predicted octanol–water partition coefficient (Wildman–Crippen LogP) is 4.83. The minimum atomic E-state index is -0.0638. The number of fused-ring (bicyclic) bond motifs is 1. The minimum absolute atomic E-state index is 0.0350. The van der Waals surface area contributed by atoms with Gasteiger partial charge in [0.2, 0.25) is 11.8 Å². The van der Waals surface area contributed by atoms with E-state index in [1.807, 2.05) is 40.7 Å². The van der Waals surface area contributed by atoms with Crippen molar-refractivity contribution in [3.63, 3.8) is 0 Å². The van der Waals surface area contributed by atoms with Gasteiger partial charge < -0.3 is 19.5 Å². The van der Waals surface area contributed by atoms with Crippen LogP contribution in [0.5, 0.6) is 0 Å². The standard InChI is InChI=1S/C29H33N3O3S/c1-22-9-11-23(12-10-22)20-31(14-13-24-19-30-27-8-4-3-7-26(24)27)29(34)21-32(15-16-35-2)28(33)18-25-6-5-17-36-25/h3-12,17,19,30H,13-16,18,20-21H2,1-2H3. The summed E-state index contributed by atoms with van der Waals surface area (Å²) in [6.45, 7) is 3.92. The highest BCUT2D eigenvalue weighted by Crippen LogP contribution is 2.19. The third-order valence-corrected chi connectivity index (χ3v) is 7.20. The summed E-state index contributed by atoms with van der Waals surface area (Å²) in [7, 11) is 1.61. The summed E-state index contributed by atoms with van der Waals surface area (Å²) < 4.78 is 5.22. The molecule has 4 aromatic rings. The van der Waals surface area contributed by atoms with Crippen molar-refractivity contribution in [3.8, 4) is 0 Å². The number of hydrogen-bond donors (Lipinski definition) is 1. The van der Waals surface area contributed by atoms with Crippen LogP contribution in [0.2, 0.25) is 0 Å². The molecule has 188 valence electrons. The summed E-state index contributed by atoms with van der Waals surface area (Å²) in [6.07, 6.45) is 3.04. The second-order valence-corrected chi connectivity index (χ2v) is 10.0. The van der Waals surface area contributed by atoms with Crippen LogP contribution in [0.3, 0.4) is 0 Å². The molecule has 2 aromatic heterocycles. The van der Waals surface area contributed by atoms with E-state index in [0.717, 1.165) is 22.4 Å². The molecular weight excluding hydrogens is 470 g/mol. The highest BCUT2D eigenvalue weighted by molar-refractivity contribution is 7.10. The van der Waals surface area contributed by atoms with E-state index in [9.17, 15) is 9.59 Å². The number of H-pyrrole nitrogens is 1. The number of thiophene rings is 1. The monoisotopic (exact) mass is 503 g/mol. The number of para-hydroxylation sites is 1. The maximum Gasteiger partial charge on any atom is 0.242 e. The molecule has 0 radical (unpaired) electrons. The van der Waals surface area contributed by atoms with Gasteiger partial charge in [-0.25, -0.2) is 0 Å². The number of amides is 2. The van der Waals surface area contributed by atoms with E-state index in [2.05, 4.69) is 48.3 Å². The molecule has 0 saturated carbocycles. The fraction of sp³-hybridized carbons (Fsp3) is 0.310. The summed E-state index contributed by atoms with van der Waals surface area (Å²) >= 11 is 1.55. The highest BCUT2D eigenvalue weighted by atomic mass is 32.1. The van der Waals surface area contributed by atoms with Gasteiger partial charge in [0, 0.05) is 48.7 Å². The summed E-state index contributed by atoms with van der Waals surface area (Å²) in [5.74, 6) is -0.124. The number of ether oxygens (including phenoxy) is 1. The number of nitrogens with one attached hydrogen (secondary N) is 1. The molecule has 0 fully saturated rings. The molecule has 0 atom stereocenters. The van der Waals surface area contributed by atoms with Crippen molar-refractivity contribution in [1.82, 2.24) is 14.8 Å². The number of carbonyl (C=O) groups excluding carboxylic acids is 2. The van der Waals surface area contributed by atoms with Crippen molar-refractivity contribution in [3.05, 3.63) is 93.8 Å². The fourth-order valence-corrected chi connectivity index (χ4v) is 4.93. The molecular formula is C29H33N3O3S. The molecule has 0 spiro atoms. The quantitative estimate of drug-likeness (QED) is 0.301. The minimum Gasteiger partial charge on any atom is -0.383 e.